The molecule has 0 aliphatic heterocycles. The van der Waals surface area contributed by atoms with Crippen LogP contribution in [0.3, 0.4) is 0 Å². The molecule has 26 heavy (non-hydrogen) atoms. The highest BCUT2D eigenvalue weighted by molar-refractivity contribution is 6.03. The van der Waals surface area contributed by atoms with E-state index in [1.165, 1.54) is 30.2 Å². The first-order chi connectivity index (χ1) is 12.2. The van der Waals surface area contributed by atoms with Gasteiger partial charge in [0, 0.05) is 20.2 Å². The van der Waals surface area contributed by atoms with Crippen LogP contribution in [0.2, 0.25) is 0 Å². The number of phenols is 1. The monoisotopic (exact) mass is 362 g/mol. The maximum Gasteiger partial charge on any atom is 0.246 e. The maximum absolute atomic E-state index is 11.7. The summed E-state index contributed by atoms with van der Waals surface area (Å²) in [5.41, 5.74) is 6.12. The fraction of sp³-hybridized carbons (Fsp3) is 0.250. The Morgan fingerprint density at radius 3 is 2.73 bits per heavy atom. The van der Waals surface area contributed by atoms with E-state index in [4.69, 9.17) is 15.9 Å². The number of guanidine groups is 2. The molecule has 0 aliphatic rings. The van der Waals surface area contributed by atoms with Crippen molar-refractivity contribution in [2.75, 3.05) is 27.7 Å². The molecule has 0 aliphatic carbocycles. The molecule has 0 atom stereocenters. The van der Waals surface area contributed by atoms with Gasteiger partial charge >= 0.3 is 0 Å². The minimum Gasteiger partial charge on any atom is -0.504 e. The molecule has 0 saturated carbocycles. The largest absolute Gasteiger partial charge is 0.504 e. The van der Waals surface area contributed by atoms with Crippen LogP contribution in [0.25, 0.3) is 6.08 Å². The number of hydrogen-bond donors (Lipinski definition) is 5. The van der Waals surface area contributed by atoms with E-state index in [1.54, 1.807) is 26.2 Å². The van der Waals surface area contributed by atoms with Crippen LogP contribution in [-0.4, -0.2) is 61.5 Å². The van der Waals surface area contributed by atoms with Gasteiger partial charge in [-0.3, -0.25) is 20.3 Å². The number of nitrogens with two attached hydrogens (primary N) is 1. The van der Waals surface area contributed by atoms with Gasteiger partial charge in [0.1, 0.15) is 0 Å². The summed E-state index contributed by atoms with van der Waals surface area (Å²) in [5, 5.41) is 21.6. The fourth-order valence-electron chi connectivity index (χ4n) is 1.63. The molecule has 1 aromatic carbocycles. The molecular formula is C16H22N6O4. The van der Waals surface area contributed by atoms with E-state index < -0.39 is 11.8 Å². The van der Waals surface area contributed by atoms with E-state index in [9.17, 15) is 14.7 Å². The molecule has 0 saturated heterocycles. The van der Waals surface area contributed by atoms with Crippen LogP contribution in [0.5, 0.6) is 11.5 Å². The third-order valence-corrected chi connectivity index (χ3v) is 2.97. The number of nitrogens with one attached hydrogen (secondary N) is 3. The summed E-state index contributed by atoms with van der Waals surface area (Å²) in [6.07, 6.45) is 2.74. The molecule has 0 spiro atoms. The van der Waals surface area contributed by atoms with Gasteiger partial charge in [-0.25, -0.2) is 0 Å². The van der Waals surface area contributed by atoms with E-state index in [2.05, 4.69) is 15.6 Å². The minimum atomic E-state index is -0.578. The highest BCUT2D eigenvalue weighted by Crippen LogP contribution is 2.26. The van der Waals surface area contributed by atoms with Gasteiger partial charge in [-0.2, -0.15) is 4.99 Å². The van der Waals surface area contributed by atoms with Crippen molar-refractivity contribution < 1.29 is 19.4 Å². The summed E-state index contributed by atoms with van der Waals surface area (Å²) in [5.74, 6) is -1.17. The van der Waals surface area contributed by atoms with Crippen molar-refractivity contribution in [3.8, 4) is 11.5 Å². The SMILES string of the molecule is COc1cc(/C=C/C(=O)NCC(=O)N/C(N)=N/C(=N)N(C)C)ccc1O. The Bertz CT molecular complexity index is 742. The number of phenolic OH excluding ortho intramolecular Hbond substituents is 1. The van der Waals surface area contributed by atoms with E-state index in [1.807, 2.05) is 0 Å². The van der Waals surface area contributed by atoms with Crippen molar-refractivity contribution in [3.63, 3.8) is 0 Å². The number of carbonyl (C=O) groups is 2. The van der Waals surface area contributed by atoms with Crippen LogP contribution < -0.4 is 21.1 Å². The maximum atomic E-state index is 11.7. The lowest BCUT2D eigenvalue weighted by Gasteiger charge is -2.10. The zero-order valence-corrected chi connectivity index (χ0v) is 14.7. The summed E-state index contributed by atoms with van der Waals surface area (Å²) in [7, 11) is 4.64. The van der Waals surface area contributed by atoms with Crippen LogP contribution in [-0.2, 0) is 9.59 Å². The first-order valence-electron chi connectivity index (χ1n) is 7.45. The van der Waals surface area contributed by atoms with Gasteiger partial charge in [-0.15, -0.1) is 0 Å². The van der Waals surface area contributed by atoms with Gasteiger partial charge in [0.05, 0.1) is 13.7 Å². The summed E-state index contributed by atoms with van der Waals surface area (Å²) in [6, 6.07) is 4.60. The average molecular weight is 362 g/mol. The predicted octanol–water partition coefficient (Wildman–Crippen LogP) is -0.543. The number of aliphatic imine (C=N–C) groups is 1. The number of nitrogens with zero attached hydrogens (tertiary/aromatic N) is 2. The highest BCUT2D eigenvalue weighted by Gasteiger charge is 2.06. The van der Waals surface area contributed by atoms with Crippen molar-refractivity contribution in [1.82, 2.24) is 15.5 Å². The van der Waals surface area contributed by atoms with Crippen LogP contribution in [0.4, 0.5) is 0 Å². The normalized spacial score (nSPS) is 11.1. The zero-order chi connectivity index (χ0) is 19.7. The lowest BCUT2D eigenvalue weighted by molar-refractivity contribution is -0.123. The second-order valence-corrected chi connectivity index (χ2v) is 5.25. The van der Waals surface area contributed by atoms with Crippen molar-refractivity contribution in [1.29, 1.82) is 5.41 Å². The first-order valence-corrected chi connectivity index (χ1v) is 7.45. The summed E-state index contributed by atoms with van der Waals surface area (Å²) in [4.78, 5) is 28.5. The second-order valence-electron chi connectivity index (χ2n) is 5.25. The number of ether oxygens (including phenoxy) is 1. The lowest BCUT2D eigenvalue weighted by Crippen LogP contribution is -2.43. The molecular weight excluding hydrogens is 340 g/mol. The Kier molecular flexibility index (Phi) is 7.62. The third kappa shape index (κ3) is 6.91. The van der Waals surface area contributed by atoms with Crippen molar-refractivity contribution in [3.05, 3.63) is 29.8 Å². The molecule has 0 bridgehead atoms. The van der Waals surface area contributed by atoms with E-state index in [0.717, 1.165) is 0 Å². The highest BCUT2D eigenvalue weighted by atomic mass is 16.5. The first kappa shape index (κ1) is 20.5. The Hall–Kier alpha value is -3.56. The number of carbonyl (C=O) groups excluding carboxylic acids is 2. The number of benzene rings is 1. The molecule has 10 nitrogen and oxygen atoms in total. The quantitative estimate of drug-likeness (QED) is 0.269. The molecule has 0 heterocycles. The van der Waals surface area contributed by atoms with Gasteiger partial charge in [0.15, 0.2) is 11.5 Å². The summed E-state index contributed by atoms with van der Waals surface area (Å²) in [6.45, 7) is -0.312. The van der Waals surface area contributed by atoms with E-state index in [0.29, 0.717) is 5.56 Å². The molecule has 1 rings (SSSR count). The van der Waals surface area contributed by atoms with Crippen molar-refractivity contribution in [2.45, 2.75) is 0 Å². The Labute approximate surface area is 150 Å². The third-order valence-electron chi connectivity index (χ3n) is 2.97. The summed E-state index contributed by atoms with van der Waals surface area (Å²) < 4.78 is 4.97. The summed E-state index contributed by atoms with van der Waals surface area (Å²) >= 11 is 0. The lowest BCUT2D eigenvalue weighted by atomic mass is 10.2. The van der Waals surface area contributed by atoms with Crippen LogP contribution in [0.1, 0.15) is 5.56 Å². The van der Waals surface area contributed by atoms with Gasteiger partial charge < -0.3 is 25.8 Å². The Morgan fingerprint density at radius 2 is 2.12 bits per heavy atom. The number of rotatable bonds is 5. The molecule has 0 aromatic heterocycles. The fourth-order valence-corrected chi connectivity index (χ4v) is 1.63. The number of amides is 2. The Balaban J connectivity index is 2.51. The molecule has 140 valence electrons. The number of hydrogen-bond acceptors (Lipinski definition) is 5. The number of aromatic hydroxyl groups is 1. The molecule has 0 fully saturated rings. The van der Waals surface area contributed by atoms with Crippen LogP contribution >= 0.6 is 0 Å². The van der Waals surface area contributed by atoms with E-state index >= 15 is 0 Å². The van der Waals surface area contributed by atoms with E-state index in [-0.39, 0.29) is 30.0 Å². The van der Waals surface area contributed by atoms with Crippen molar-refractivity contribution >= 4 is 29.8 Å². The predicted molar refractivity (Wildman–Crippen MR) is 97.9 cm³/mol. The standard InChI is InChI=1S/C16H22N6O4/c1-22(2)16(18)21-15(17)20-14(25)9-19-13(24)7-5-10-4-6-11(23)12(8-10)26-3/h4-8,23H,9H2,1-3H3,(H,19,24)(H4,17,18,20,21,25)/b7-5+. The van der Waals surface area contributed by atoms with Crippen LogP contribution in [0.15, 0.2) is 29.3 Å². The van der Waals surface area contributed by atoms with Gasteiger partial charge in [-0.1, -0.05) is 6.07 Å². The molecule has 1 aromatic rings. The van der Waals surface area contributed by atoms with Crippen LogP contribution in [0, 0.1) is 5.41 Å². The number of methoxy groups -OCH3 is 1. The Morgan fingerprint density at radius 1 is 1.42 bits per heavy atom. The van der Waals surface area contributed by atoms with Gasteiger partial charge in [-0.05, 0) is 23.8 Å². The molecule has 6 N–H and O–H groups in total. The smallest absolute Gasteiger partial charge is 0.246 e. The zero-order valence-electron chi connectivity index (χ0n) is 14.7. The minimum absolute atomic E-state index is 0.00706. The van der Waals surface area contributed by atoms with Crippen molar-refractivity contribution in [2.24, 2.45) is 10.7 Å². The molecule has 0 unspecified atom stereocenters. The van der Waals surface area contributed by atoms with Gasteiger partial charge in [0.2, 0.25) is 23.7 Å². The second kappa shape index (κ2) is 9.67. The average Bonchev–Trinajstić information content (AvgIpc) is 2.58. The molecule has 2 amide bonds. The van der Waals surface area contributed by atoms with Gasteiger partial charge in [0.25, 0.3) is 0 Å². The molecule has 0 radical (unpaired) electrons. The topological polar surface area (TPSA) is 153 Å². The molecule has 10 heteroatoms.